The summed E-state index contributed by atoms with van der Waals surface area (Å²) >= 11 is 0. The minimum Gasteiger partial charge on any atom is -0.356 e. The van der Waals surface area contributed by atoms with E-state index >= 15 is 0 Å². The molecule has 1 N–H and O–H groups in total. The van der Waals surface area contributed by atoms with Crippen LogP contribution in [0.25, 0.3) is 11.0 Å². The molecule has 0 amide bonds. The van der Waals surface area contributed by atoms with Gasteiger partial charge in [-0.3, -0.25) is 0 Å². The standard InChI is InChI=1S/C18H22N6O2S/c1-14-4-6-15(7-5-14)27(25,26)22-8-11-24-18-16(12-21-24)17(19-13-20-18)23-9-2-3-10-23/h4-7,12-13,22H,2-3,8-11H2,1H3. The van der Waals surface area contributed by atoms with Gasteiger partial charge in [-0.05, 0) is 31.9 Å². The van der Waals surface area contributed by atoms with Crippen LogP contribution in [0.1, 0.15) is 18.4 Å². The third-order valence-electron chi connectivity index (χ3n) is 4.77. The van der Waals surface area contributed by atoms with Crippen LogP contribution in [-0.4, -0.2) is 47.8 Å². The molecular weight excluding hydrogens is 364 g/mol. The molecule has 0 bridgehead atoms. The van der Waals surface area contributed by atoms with Gasteiger partial charge < -0.3 is 4.90 Å². The van der Waals surface area contributed by atoms with E-state index in [1.54, 1.807) is 41.5 Å². The average molecular weight is 386 g/mol. The van der Waals surface area contributed by atoms with E-state index in [0.29, 0.717) is 6.54 Å². The van der Waals surface area contributed by atoms with Crippen molar-refractivity contribution in [1.29, 1.82) is 0 Å². The zero-order valence-corrected chi connectivity index (χ0v) is 16.0. The summed E-state index contributed by atoms with van der Waals surface area (Å²) in [4.78, 5) is 11.3. The summed E-state index contributed by atoms with van der Waals surface area (Å²) in [6.45, 7) is 4.54. The third-order valence-corrected chi connectivity index (χ3v) is 6.24. The highest BCUT2D eigenvalue weighted by Gasteiger charge is 2.19. The number of rotatable bonds is 6. The normalized spacial score (nSPS) is 14.9. The van der Waals surface area contributed by atoms with Crippen LogP contribution in [0.2, 0.25) is 0 Å². The fourth-order valence-electron chi connectivity index (χ4n) is 3.31. The van der Waals surface area contributed by atoms with Gasteiger partial charge in [-0.1, -0.05) is 17.7 Å². The lowest BCUT2D eigenvalue weighted by molar-refractivity contribution is 0.564. The Bertz CT molecular complexity index is 1040. The number of nitrogens with one attached hydrogen (secondary N) is 1. The van der Waals surface area contributed by atoms with Crippen LogP contribution in [0.3, 0.4) is 0 Å². The summed E-state index contributed by atoms with van der Waals surface area (Å²) in [6.07, 6.45) is 5.64. The monoisotopic (exact) mass is 386 g/mol. The fraction of sp³-hybridized carbons (Fsp3) is 0.389. The summed E-state index contributed by atoms with van der Waals surface area (Å²) in [6, 6.07) is 6.78. The summed E-state index contributed by atoms with van der Waals surface area (Å²) in [5.41, 5.74) is 1.74. The molecule has 1 aliphatic rings. The Kier molecular flexibility index (Phi) is 4.79. The van der Waals surface area contributed by atoms with Crippen LogP contribution in [-0.2, 0) is 16.6 Å². The number of fused-ring (bicyclic) bond motifs is 1. The van der Waals surface area contributed by atoms with E-state index in [0.717, 1.165) is 35.5 Å². The van der Waals surface area contributed by atoms with Gasteiger partial charge >= 0.3 is 0 Å². The Balaban J connectivity index is 1.48. The highest BCUT2D eigenvalue weighted by atomic mass is 32.2. The molecule has 3 heterocycles. The van der Waals surface area contributed by atoms with Crippen LogP contribution in [0.4, 0.5) is 5.82 Å². The van der Waals surface area contributed by atoms with Crippen LogP contribution >= 0.6 is 0 Å². The predicted molar refractivity (Wildman–Crippen MR) is 103 cm³/mol. The molecular formula is C18H22N6O2S. The lowest BCUT2D eigenvalue weighted by Gasteiger charge is -2.16. The smallest absolute Gasteiger partial charge is 0.240 e. The molecule has 3 aromatic rings. The maximum absolute atomic E-state index is 12.4. The van der Waals surface area contributed by atoms with Gasteiger partial charge in [-0.25, -0.2) is 27.8 Å². The van der Waals surface area contributed by atoms with Gasteiger partial charge in [0.05, 0.1) is 23.0 Å². The molecule has 0 atom stereocenters. The van der Waals surface area contributed by atoms with Gasteiger partial charge in [0.25, 0.3) is 0 Å². The molecule has 0 unspecified atom stereocenters. The molecule has 0 radical (unpaired) electrons. The van der Waals surface area contributed by atoms with Gasteiger partial charge in [0.2, 0.25) is 10.0 Å². The Morgan fingerprint density at radius 3 is 2.59 bits per heavy atom. The van der Waals surface area contributed by atoms with Crippen LogP contribution in [0, 0.1) is 6.92 Å². The molecule has 4 rings (SSSR count). The van der Waals surface area contributed by atoms with E-state index in [-0.39, 0.29) is 11.4 Å². The van der Waals surface area contributed by atoms with Crippen molar-refractivity contribution in [3.05, 3.63) is 42.4 Å². The van der Waals surface area contributed by atoms with E-state index in [1.807, 2.05) is 6.92 Å². The number of nitrogens with zero attached hydrogens (tertiary/aromatic N) is 5. The quantitative estimate of drug-likeness (QED) is 0.693. The molecule has 0 aliphatic carbocycles. The Morgan fingerprint density at radius 2 is 1.85 bits per heavy atom. The highest BCUT2D eigenvalue weighted by Crippen LogP contribution is 2.25. The van der Waals surface area contributed by atoms with E-state index in [2.05, 4.69) is 24.7 Å². The Labute approximate surface area is 158 Å². The van der Waals surface area contributed by atoms with Crippen molar-refractivity contribution in [3.63, 3.8) is 0 Å². The molecule has 9 heteroatoms. The lowest BCUT2D eigenvalue weighted by atomic mass is 10.2. The first-order valence-electron chi connectivity index (χ1n) is 9.02. The summed E-state index contributed by atoms with van der Waals surface area (Å²) in [5.74, 6) is 0.906. The SMILES string of the molecule is Cc1ccc(S(=O)(=O)NCCn2ncc3c(N4CCCC4)ncnc32)cc1. The molecule has 1 fully saturated rings. The first-order chi connectivity index (χ1) is 13.0. The molecule has 1 aromatic carbocycles. The zero-order chi connectivity index (χ0) is 18.9. The minimum atomic E-state index is -3.54. The molecule has 0 saturated carbocycles. The van der Waals surface area contributed by atoms with Crippen LogP contribution < -0.4 is 9.62 Å². The van der Waals surface area contributed by atoms with E-state index in [9.17, 15) is 8.42 Å². The maximum Gasteiger partial charge on any atom is 0.240 e. The molecule has 1 aliphatic heterocycles. The van der Waals surface area contributed by atoms with Crippen molar-refractivity contribution in [2.75, 3.05) is 24.5 Å². The highest BCUT2D eigenvalue weighted by molar-refractivity contribution is 7.89. The van der Waals surface area contributed by atoms with E-state index in [4.69, 9.17) is 0 Å². The van der Waals surface area contributed by atoms with Crippen molar-refractivity contribution in [2.24, 2.45) is 0 Å². The van der Waals surface area contributed by atoms with E-state index < -0.39 is 10.0 Å². The van der Waals surface area contributed by atoms with Crippen molar-refractivity contribution < 1.29 is 8.42 Å². The largest absolute Gasteiger partial charge is 0.356 e. The zero-order valence-electron chi connectivity index (χ0n) is 15.2. The number of sulfonamides is 1. The van der Waals surface area contributed by atoms with Crippen molar-refractivity contribution in [1.82, 2.24) is 24.5 Å². The summed E-state index contributed by atoms with van der Waals surface area (Å²) in [5, 5.41) is 5.29. The van der Waals surface area contributed by atoms with Crippen molar-refractivity contribution in [2.45, 2.75) is 31.2 Å². The first-order valence-corrected chi connectivity index (χ1v) is 10.5. The van der Waals surface area contributed by atoms with Gasteiger partial charge in [-0.2, -0.15) is 5.10 Å². The maximum atomic E-state index is 12.4. The molecule has 27 heavy (non-hydrogen) atoms. The van der Waals surface area contributed by atoms with Gasteiger partial charge in [0, 0.05) is 19.6 Å². The number of aromatic nitrogens is 4. The topological polar surface area (TPSA) is 93.0 Å². The Morgan fingerprint density at radius 1 is 1.11 bits per heavy atom. The molecule has 2 aromatic heterocycles. The third kappa shape index (κ3) is 3.65. The van der Waals surface area contributed by atoms with E-state index in [1.165, 1.54) is 12.8 Å². The molecule has 1 saturated heterocycles. The van der Waals surface area contributed by atoms with Crippen molar-refractivity contribution in [3.8, 4) is 0 Å². The predicted octanol–water partition coefficient (Wildman–Crippen LogP) is 1.71. The van der Waals surface area contributed by atoms with Gasteiger partial charge in [0.15, 0.2) is 5.65 Å². The number of benzene rings is 1. The second-order valence-electron chi connectivity index (χ2n) is 6.71. The molecule has 142 valence electrons. The van der Waals surface area contributed by atoms with Crippen LogP contribution in [0.15, 0.2) is 41.7 Å². The Hall–Kier alpha value is -2.52. The summed E-state index contributed by atoms with van der Waals surface area (Å²) in [7, 11) is -3.54. The fourth-order valence-corrected chi connectivity index (χ4v) is 4.33. The average Bonchev–Trinajstić information content (AvgIpc) is 3.32. The second kappa shape index (κ2) is 7.24. The summed E-state index contributed by atoms with van der Waals surface area (Å²) < 4.78 is 29.1. The second-order valence-corrected chi connectivity index (χ2v) is 8.47. The van der Waals surface area contributed by atoms with Crippen LogP contribution in [0.5, 0.6) is 0 Å². The number of hydrogen-bond donors (Lipinski definition) is 1. The first kappa shape index (κ1) is 17.9. The number of aryl methyl sites for hydroxylation is 1. The molecule has 0 spiro atoms. The molecule has 8 nitrogen and oxygen atoms in total. The van der Waals surface area contributed by atoms with Crippen molar-refractivity contribution >= 4 is 26.9 Å². The number of hydrogen-bond acceptors (Lipinski definition) is 6. The van der Waals surface area contributed by atoms with Gasteiger partial charge in [-0.15, -0.1) is 0 Å². The lowest BCUT2D eigenvalue weighted by Crippen LogP contribution is -2.27. The minimum absolute atomic E-state index is 0.232. The number of anilines is 1. The van der Waals surface area contributed by atoms with Gasteiger partial charge in [0.1, 0.15) is 12.1 Å².